The number of para-hydroxylation sites is 1. The van der Waals surface area contributed by atoms with Crippen molar-refractivity contribution in [3.8, 4) is 0 Å². The maximum absolute atomic E-state index is 12.9. The van der Waals surface area contributed by atoms with Gasteiger partial charge in [0.05, 0.1) is 23.3 Å². The molecule has 0 unspecified atom stereocenters. The van der Waals surface area contributed by atoms with Crippen molar-refractivity contribution in [3.63, 3.8) is 0 Å². The second kappa shape index (κ2) is 5.19. The number of benzene rings is 1. The molecule has 0 radical (unpaired) electrons. The molecule has 4 heteroatoms. The second-order valence-electron chi connectivity index (χ2n) is 6.07. The molecule has 2 heterocycles. The molecule has 21 heavy (non-hydrogen) atoms. The molecule has 2 atom stereocenters. The lowest BCUT2D eigenvalue weighted by Gasteiger charge is -2.35. The largest absolute Gasteiger partial charge is 0.372 e. The molecule has 1 amide bonds. The molecule has 1 fully saturated rings. The number of aryl methyl sites for hydroxylation is 2. The fourth-order valence-corrected chi connectivity index (χ4v) is 3.18. The van der Waals surface area contributed by atoms with Crippen LogP contribution in [0, 0.1) is 13.8 Å². The third kappa shape index (κ3) is 2.44. The number of amides is 1. The highest BCUT2D eigenvalue weighted by Crippen LogP contribution is 2.26. The van der Waals surface area contributed by atoms with E-state index in [-0.39, 0.29) is 18.1 Å². The molecule has 0 bridgehead atoms. The molecular formula is C17H22N2O2. The summed E-state index contributed by atoms with van der Waals surface area (Å²) in [6, 6.07) is 5.93. The van der Waals surface area contributed by atoms with Crippen molar-refractivity contribution in [3.05, 3.63) is 35.0 Å². The van der Waals surface area contributed by atoms with Crippen LogP contribution in [0.3, 0.4) is 0 Å². The van der Waals surface area contributed by atoms with E-state index in [9.17, 15) is 4.79 Å². The lowest BCUT2D eigenvalue weighted by atomic mass is 10.1. The Labute approximate surface area is 125 Å². The predicted molar refractivity (Wildman–Crippen MR) is 83.7 cm³/mol. The van der Waals surface area contributed by atoms with Crippen molar-refractivity contribution in [1.82, 2.24) is 9.88 Å². The van der Waals surface area contributed by atoms with Crippen LogP contribution in [0.5, 0.6) is 0 Å². The lowest BCUT2D eigenvalue weighted by molar-refractivity contribution is -0.0585. The molecule has 0 spiro atoms. The van der Waals surface area contributed by atoms with Gasteiger partial charge in [-0.05, 0) is 39.3 Å². The summed E-state index contributed by atoms with van der Waals surface area (Å²) >= 11 is 0. The Kier molecular flexibility index (Phi) is 3.49. The number of carbonyl (C=O) groups excluding carboxylic acids is 1. The summed E-state index contributed by atoms with van der Waals surface area (Å²) in [6.07, 6.45) is 0.174. The van der Waals surface area contributed by atoms with E-state index in [1.807, 2.05) is 37.8 Å². The Morgan fingerprint density at radius 1 is 1.24 bits per heavy atom. The number of carbonyl (C=O) groups is 1. The summed E-state index contributed by atoms with van der Waals surface area (Å²) in [5.74, 6) is 0.0869. The van der Waals surface area contributed by atoms with Crippen LogP contribution in [-0.4, -0.2) is 41.1 Å². The number of H-pyrrole nitrogens is 1. The SMILES string of the molecule is Cc1[nH]c2c(C(=O)N3C[C@H](C)O[C@@H](C)C3)cccc2c1C. The predicted octanol–water partition coefficient (Wildman–Crippen LogP) is 3.03. The van der Waals surface area contributed by atoms with Crippen LogP contribution < -0.4 is 0 Å². The first-order valence-corrected chi connectivity index (χ1v) is 7.50. The number of hydrogen-bond acceptors (Lipinski definition) is 2. The van der Waals surface area contributed by atoms with Gasteiger partial charge >= 0.3 is 0 Å². The zero-order chi connectivity index (χ0) is 15.1. The summed E-state index contributed by atoms with van der Waals surface area (Å²) in [5, 5.41) is 1.13. The summed E-state index contributed by atoms with van der Waals surface area (Å²) in [7, 11) is 0. The van der Waals surface area contributed by atoms with E-state index >= 15 is 0 Å². The van der Waals surface area contributed by atoms with E-state index < -0.39 is 0 Å². The van der Waals surface area contributed by atoms with Gasteiger partial charge in [0.1, 0.15) is 0 Å². The Balaban J connectivity index is 2.00. The molecule has 1 aromatic carbocycles. The molecule has 0 saturated carbocycles. The fourth-order valence-electron chi connectivity index (χ4n) is 3.18. The van der Waals surface area contributed by atoms with Crippen LogP contribution in [0.25, 0.3) is 10.9 Å². The van der Waals surface area contributed by atoms with Crippen molar-refractivity contribution >= 4 is 16.8 Å². The lowest BCUT2D eigenvalue weighted by Crippen LogP contribution is -2.48. The number of ether oxygens (including phenoxy) is 1. The van der Waals surface area contributed by atoms with Crippen molar-refractivity contribution in [2.24, 2.45) is 0 Å². The summed E-state index contributed by atoms with van der Waals surface area (Å²) in [5.41, 5.74) is 4.03. The van der Waals surface area contributed by atoms with E-state index in [1.54, 1.807) is 0 Å². The van der Waals surface area contributed by atoms with E-state index in [2.05, 4.69) is 18.0 Å². The number of hydrogen-bond donors (Lipinski definition) is 1. The topological polar surface area (TPSA) is 45.3 Å². The van der Waals surface area contributed by atoms with Crippen molar-refractivity contribution < 1.29 is 9.53 Å². The Hall–Kier alpha value is -1.81. The summed E-state index contributed by atoms with van der Waals surface area (Å²) in [4.78, 5) is 18.1. The van der Waals surface area contributed by atoms with Gasteiger partial charge in [-0.3, -0.25) is 4.79 Å². The first-order chi connectivity index (χ1) is 9.97. The van der Waals surface area contributed by atoms with Crippen LogP contribution in [0.1, 0.15) is 35.5 Å². The minimum absolute atomic E-state index is 0.0869. The van der Waals surface area contributed by atoms with Crippen LogP contribution in [0.4, 0.5) is 0 Å². The Morgan fingerprint density at radius 2 is 1.90 bits per heavy atom. The fraction of sp³-hybridized carbons (Fsp3) is 0.471. The minimum Gasteiger partial charge on any atom is -0.372 e. The third-order valence-corrected chi connectivity index (χ3v) is 4.28. The van der Waals surface area contributed by atoms with Crippen molar-refractivity contribution in [2.75, 3.05) is 13.1 Å². The molecule has 1 saturated heterocycles. The van der Waals surface area contributed by atoms with Crippen LogP contribution in [0.15, 0.2) is 18.2 Å². The number of aromatic nitrogens is 1. The summed E-state index contributed by atoms with van der Waals surface area (Å²) in [6.45, 7) is 9.46. The van der Waals surface area contributed by atoms with E-state index in [0.717, 1.165) is 22.2 Å². The highest BCUT2D eigenvalue weighted by molar-refractivity contribution is 6.06. The first-order valence-electron chi connectivity index (χ1n) is 7.50. The molecule has 112 valence electrons. The molecule has 3 rings (SSSR count). The van der Waals surface area contributed by atoms with Gasteiger partial charge in [0.2, 0.25) is 0 Å². The van der Waals surface area contributed by atoms with E-state index in [4.69, 9.17) is 4.74 Å². The van der Waals surface area contributed by atoms with Gasteiger partial charge in [0.15, 0.2) is 0 Å². The monoisotopic (exact) mass is 286 g/mol. The number of morpholine rings is 1. The zero-order valence-electron chi connectivity index (χ0n) is 13.1. The maximum Gasteiger partial charge on any atom is 0.256 e. The average molecular weight is 286 g/mol. The quantitative estimate of drug-likeness (QED) is 0.876. The molecular weight excluding hydrogens is 264 g/mol. The second-order valence-corrected chi connectivity index (χ2v) is 6.07. The number of fused-ring (bicyclic) bond motifs is 1. The van der Waals surface area contributed by atoms with Crippen molar-refractivity contribution in [1.29, 1.82) is 0 Å². The smallest absolute Gasteiger partial charge is 0.256 e. The molecule has 1 aromatic heterocycles. The van der Waals surface area contributed by atoms with Crippen LogP contribution in [-0.2, 0) is 4.74 Å². The molecule has 4 nitrogen and oxygen atoms in total. The minimum atomic E-state index is 0.0869. The Morgan fingerprint density at radius 3 is 2.57 bits per heavy atom. The van der Waals surface area contributed by atoms with Gasteiger partial charge in [-0.1, -0.05) is 12.1 Å². The number of aromatic amines is 1. The number of rotatable bonds is 1. The molecule has 1 aliphatic heterocycles. The van der Waals surface area contributed by atoms with Gasteiger partial charge < -0.3 is 14.6 Å². The molecule has 1 N–H and O–H groups in total. The number of nitrogens with zero attached hydrogens (tertiary/aromatic N) is 1. The highest BCUT2D eigenvalue weighted by atomic mass is 16.5. The maximum atomic E-state index is 12.9. The van der Waals surface area contributed by atoms with Gasteiger partial charge in [-0.25, -0.2) is 0 Å². The van der Waals surface area contributed by atoms with Crippen LogP contribution >= 0.6 is 0 Å². The van der Waals surface area contributed by atoms with Gasteiger partial charge in [0, 0.05) is 24.2 Å². The highest BCUT2D eigenvalue weighted by Gasteiger charge is 2.27. The van der Waals surface area contributed by atoms with E-state index in [0.29, 0.717) is 13.1 Å². The van der Waals surface area contributed by atoms with Gasteiger partial charge in [0.25, 0.3) is 5.91 Å². The van der Waals surface area contributed by atoms with E-state index in [1.165, 1.54) is 5.56 Å². The van der Waals surface area contributed by atoms with Crippen molar-refractivity contribution in [2.45, 2.75) is 39.9 Å². The molecule has 2 aromatic rings. The van der Waals surface area contributed by atoms with Gasteiger partial charge in [-0.2, -0.15) is 0 Å². The number of nitrogens with one attached hydrogen (secondary N) is 1. The first kappa shape index (κ1) is 14.1. The Bertz CT molecular complexity index is 679. The van der Waals surface area contributed by atoms with Gasteiger partial charge in [-0.15, -0.1) is 0 Å². The summed E-state index contributed by atoms with van der Waals surface area (Å²) < 4.78 is 5.71. The average Bonchev–Trinajstić information content (AvgIpc) is 2.73. The molecule has 0 aliphatic carbocycles. The normalized spacial score (nSPS) is 22.8. The standard InChI is InChI=1S/C17H22N2O2/c1-10-8-19(9-11(2)21-10)17(20)15-7-5-6-14-12(3)13(4)18-16(14)15/h5-7,10-11,18H,8-9H2,1-4H3/t10-,11-/m0/s1. The van der Waals surface area contributed by atoms with Crippen LogP contribution in [0.2, 0.25) is 0 Å². The molecule has 1 aliphatic rings. The zero-order valence-corrected chi connectivity index (χ0v) is 13.1. The third-order valence-electron chi connectivity index (χ3n) is 4.28.